The number of aromatic nitrogens is 2. The molecule has 4 nitrogen and oxygen atoms in total. The molecule has 136 valence electrons. The van der Waals surface area contributed by atoms with E-state index in [0.29, 0.717) is 33.7 Å². The minimum atomic E-state index is -0.883. The molecule has 0 aliphatic heterocycles. The van der Waals surface area contributed by atoms with Gasteiger partial charge in [0, 0.05) is 29.8 Å². The number of anilines is 1. The van der Waals surface area contributed by atoms with Gasteiger partial charge in [-0.15, -0.1) is 0 Å². The summed E-state index contributed by atoms with van der Waals surface area (Å²) in [5.74, 6) is -0.697. The van der Waals surface area contributed by atoms with Gasteiger partial charge in [-0.2, -0.15) is 0 Å². The predicted octanol–water partition coefficient (Wildman–Crippen LogP) is 5.23. The average Bonchev–Trinajstić information content (AvgIpc) is 2.68. The van der Waals surface area contributed by atoms with Crippen molar-refractivity contribution in [3.63, 3.8) is 0 Å². The minimum absolute atomic E-state index is 0.188. The lowest BCUT2D eigenvalue weighted by atomic mass is 10.0. The van der Waals surface area contributed by atoms with Crippen LogP contribution in [0.2, 0.25) is 0 Å². The third-order valence-corrected chi connectivity index (χ3v) is 4.03. The molecule has 0 unspecified atom stereocenters. The van der Waals surface area contributed by atoms with E-state index in [9.17, 15) is 8.78 Å². The maximum atomic E-state index is 14.2. The van der Waals surface area contributed by atoms with Crippen LogP contribution in [-0.4, -0.2) is 23.7 Å². The Hall–Kier alpha value is -3.41. The molecule has 27 heavy (non-hydrogen) atoms. The fourth-order valence-corrected chi connectivity index (χ4v) is 2.80. The molecule has 3 aromatic rings. The van der Waals surface area contributed by atoms with Crippen molar-refractivity contribution in [3.05, 3.63) is 72.2 Å². The van der Waals surface area contributed by atoms with Crippen LogP contribution in [-0.2, 0) is 0 Å². The number of halogens is 2. The molecule has 0 bridgehead atoms. The van der Waals surface area contributed by atoms with Crippen LogP contribution in [0, 0.1) is 11.6 Å². The smallest absolute Gasteiger partial charge is 0.166 e. The van der Waals surface area contributed by atoms with Crippen LogP contribution in [0.15, 0.2) is 59.7 Å². The summed E-state index contributed by atoms with van der Waals surface area (Å²) in [5.41, 5.74) is 2.12. The molecule has 0 aliphatic rings. The lowest BCUT2D eigenvalue weighted by molar-refractivity contribution is 0.511. The van der Waals surface area contributed by atoms with Crippen LogP contribution in [0.5, 0.6) is 0 Å². The van der Waals surface area contributed by atoms with Gasteiger partial charge >= 0.3 is 0 Å². The summed E-state index contributed by atoms with van der Waals surface area (Å²) in [6.45, 7) is 5.36. The van der Waals surface area contributed by atoms with Crippen LogP contribution in [0.4, 0.5) is 14.6 Å². The number of hydrogen-bond acceptors (Lipinski definition) is 4. The van der Waals surface area contributed by atoms with Gasteiger partial charge in [0.25, 0.3) is 0 Å². The van der Waals surface area contributed by atoms with Crippen molar-refractivity contribution < 1.29 is 8.78 Å². The van der Waals surface area contributed by atoms with Crippen molar-refractivity contribution in [2.24, 2.45) is 4.99 Å². The molecule has 2 aromatic carbocycles. The summed E-state index contributed by atoms with van der Waals surface area (Å²) >= 11 is 0. The number of nitrogens with zero attached hydrogens (tertiary/aromatic N) is 3. The summed E-state index contributed by atoms with van der Waals surface area (Å²) in [4.78, 5) is 12.9. The van der Waals surface area contributed by atoms with Crippen molar-refractivity contribution in [1.82, 2.24) is 9.97 Å². The molecule has 0 aliphatic carbocycles. The Bertz CT molecular complexity index is 1070. The molecule has 0 saturated heterocycles. The maximum absolute atomic E-state index is 14.2. The van der Waals surface area contributed by atoms with Crippen LogP contribution in [0.3, 0.4) is 0 Å². The predicted molar refractivity (Wildman–Crippen MR) is 107 cm³/mol. The first kappa shape index (κ1) is 18.4. The molecule has 1 heterocycles. The Kier molecular flexibility index (Phi) is 5.35. The van der Waals surface area contributed by atoms with Crippen LogP contribution in [0.1, 0.15) is 12.7 Å². The molecule has 1 N–H and O–H groups in total. The maximum Gasteiger partial charge on any atom is 0.166 e. The van der Waals surface area contributed by atoms with Gasteiger partial charge in [0.15, 0.2) is 17.5 Å². The summed E-state index contributed by atoms with van der Waals surface area (Å²) in [5, 5.41) is 3.74. The van der Waals surface area contributed by atoms with E-state index in [1.807, 2.05) is 19.1 Å². The highest BCUT2D eigenvalue weighted by Gasteiger charge is 2.13. The van der Waals surface area contributed by atoms with Crippen molar-refractivity contribution in [2.45, 2.75) is 6.92 Å². The molecule has 0 amide bonds. The number of allylic oxidation sites excluding steroid dienone is 3. The van der Waals surface area contributed by atoms with Gasteiger partial charge in [0.1, 0.15) is 5.82 Å². The Balaban J connectivity index is 2.21. The quantitative estimate of drug-likeness (QED) is 0.498. The van der Waals surface area contributed by atoms with Gasteiger partial charge < -0.3 is 5.32 Å². The highest BCUT2D eigenvalue weighted by atomic mass is 19.2. The number of rotatable bonds is 5. The first-order valence-electron chi connectivity index (χ1n) is 8.32. The summed E-state index contributed by atoms with van der Waals surface area (Å²) in [6.07, 6.45) is 5.28. The Labute approximate surface area is 156 Å². The third-order valence-electron chi connectivity index (χ3n) is 4.03. The zero-order valence-corrected chi connectivity index (χ0v) is 15.0. The van der Waals surface area contributed by atoms with Crippen LogP contribution in [0.25, 0.3) is 27.6 Å². The normalized spacial score (nSPS) is 11.9. The zero-order chi connectivity index (χ0) is 19.4. The third kappa shape index (κ3) is 3.60. The van der Waals surface area contributed by atoms with Crippen molar-refractivity contribution in [2.75, 3.05) is 12.4 Å². The Morgan fingerprint density at radius 2 is 2.00 bits per heavy atom. The first-order chi connectivity index (χ1) is 13.1. The lowest BCUT2D eigenvalue weighted by Gasteiger charge is -2.11. The van der Waals surface area contributed by atoms with Crippen molar-refractivity contribution in [1.29, 1.82) is 0 Å². The SMILES string of the molecule is C=N/C=C(\C=C/C)c1nc(NC)c2cc(-c3cccc(F)c3F)ccc2n1. The van der Waals surface area contributed by atoms with Gasteiger partial charge in [0.2, 0.25) is 0 Å². The second-order valence-electron chi connectivity index (χ2n) is 5.75. The molecular formula is C21H18F2N4. The number of nitrogens with one attached hydrogen (secondary N) is 1. The van der Waals surface area contributed by atoms with E-state index in [1.165, 1.54) is 12.1 Å². The molecular weight excluding hydrogens is 346 g/mol. The molecule has 3 rings (SSSR count). The van der Waals surface area contributed by atoms with Crippen molar-refractivity contribution >= 4 is 29.0 Å². The highest BCUT2D eigenvalue weighted by molar-refractivity contribution is 5.94. The van der Waals surface area contributed by atoms with E-state index in [2.05, 4.69) is 27.0 Å². The van der Waals surface area contributed by atoms with Crippen molar-refractivity contribution in [3.8, 4) is 11.1 Å². The van der Waals surface area contributed by atoms with E-state index < -0.39 is 11.6 Å². The highest BCUT2D eigenvalue weighted by Crippen LogP contribution is 2.30. The number of aliphatic imine (C=N–C) groups is 1. The minimum Gasteiger partial charge on any atom is -0.373 e. The summed E-state index contributed by atoms with van der Waals surface area (Å²) < 4.78 is 27.7. The van der Waals surface area contributed by atoms with E-state index in [0.717, 1.165) is 6.07 Å². The first-order valence-corrected chi connectivity index (χ1v) is 8.32. The molecule has 0 atom stereocenters. The fourth-order valence-electron chi connectivity index (χ4n) is 2.80. The molecule has 1 aromatic heterocycles. The fraction of sp³-hybridized carbons (Fsp3) is 0.0952. The number of benzene rings is 2. The van der Waals surface area contributed by atoms with Crippen LogP contribution >= 0.6 is 0 Å². The van der Waals surface area contributed by atoms with E-state index in [4.69, 9.17) is 0 Å². The van der Waals surface area contributed by atoms with Gasteiger partial charge in [-0.25, -0.2) is 18.7 Å². The molecule has 0 fully saturated rings. The monoisotopic (exact) mass is 364 g/mol. The van der Waals surface area contributed by atoms with Gasteiger partial charge in [-0.1, -0.05) is 30.4 Å². The largest absolute Gasteiger partial charge is 0.373 e. The lowest BCUT2D eigenvalue weighted by Crippen LogP contribution is -2.01. The van der Waals surface area contributed by atoms with E-state index in [-0.39, 0.29) is 5.56 Å². The van der Waals surface area contributed by atoms with Crippen LogP contribution < -0.4 is 5.32 Å². The average molecular weight is 364 g/mol. The topological polar surface area (TPSA) is 50.2 Å². The summed E-state index contributed by atoms with van der Waals surface area (Å²) in [6, 6.07) is 9.32. The second kappa shape index (κ2) is 7.86. The molecule has 0 radical (unpaired) electrons. The second-order valence-corrected chi connectivity index (χ2v) is 5.75. The number of hydrogen-bond donors (Lipinski definition) is 1. The molecule has 0 spiro atoms. The zero-order valence-electron chi connectivity index (χ0n) is 15.0. The Morgan fingerprint density at radius 3 is 2.70 bits per heavy atom. The van der Waals surface area contributed by atoms with Gasteiger partial charge in [0.05, 0.1) is 5.52 Å². The summed E-state index contributed by atoms with van der Waals surface area (Å²) in [7, 11) is 1.74. The van der Waals surface area contributed by atoms with E-state index >= 15 is 0 Å². The van der Waals surface area contributed by atoms with E-state index in [1.54, 1.807) is 31.4 Å². The van der Waals surface area contributed by atoms with Gasteiger partial charge in [-0.05, 0) is 37.4 Å². The Morgan fingerprint density at radius 1 is 1.19 bits per heavy atom. The molecule has 0 saturated carbocycles. The standard InChI is InChI=1S/C21H18F2N4/c1-4-6-14(12-24-2)20-26-18-10-9-13(11-16(18)21(25-3)27-20)15-7-5-8-17(22)19(15)23/h4-12H,2H2,1,3H3,(H,25,26,27)/b6-4-,14-12+. The number of fused-ring (bicyclic) bond motifs is 1. The van der Waals surface area contributed by atoms with Gasteiger partial charge in [-0.3, -0.25) is 4.99 Å². The molecule has 6 heteroatoms.